The van der Waals surface area contributed by atoms with Gasteiger partial charge >= 0.3 is 5.97 Å². The van der Waals surface area contributed by atoms with E-state index < -0.39 is 0 Å². The van der Waals surface area contributed by atoms with Crippen LogP contribution in [0.4, 0.5) is 0 Å². The zero-order valence-electron chi connectivity index (χ0n) is 12.8. The third-order valence-electron chi connectivity index (χ3n) is 2.05. The molecular formula is C14H28O4. The lowest BCUT2D eigenvalue weighted by Gasteiger charge is -2.25. The molecule has 0 aromatic heterocycles. The zero-order valence-corrected chi connectivity index (χ0v) is 12.8. The van der Waals surface area contributed by atoms with Crippen LogP contribution in [0.25, 0.3) is 0 Å². The van der Waals surface area contributed by atoms with Gasteiger partial charge in [0.2, 0.25) is 0 Å². The molecule has 2 unspecified atom stereocenters. The molecule has 0 bridgehead atoms. The molecule has 0 aliphatic carbocycles. The van der Waals surface area contributed by atoms with Crippen LogP contribution >= 0.6 is 0 Å². The van der Waals surface area contributed by atoms with Gasteiger partial charge in [-0.25, -0.2) is 0 Å². The van der Waals surface area contributed by atoms with E-state index in [2.05, 4.69) is 0 Å². The van der Waals surface area contributed by atoms with Crippen LogP contribution in [0.5, 0.6) is 0 Å². The van der Waals surface area contributed by atoms with Crippen molar-refractivity contribution in [2.75, 3.05) is 13.2 Å². The van der Waals surface area contributed by atoms with Crippen LogP contribution in [0.15, 0.2) is 0 Å². The third-order valence-corrected chi connectivity index (χ3v) is 2.05. The van der Waals surface area contributed by atoms with Gasteiger partial charge in [0.25, 0.3) is 0 Å². The van der Waals surface area contributed by atoms with Crippen molar-refractivity contribution in [2.45, 2.75) is 66.3 Å². The van der Waals surface area contributed by atoms with Gasteiger partial charge < -0.3 is 14.2 Å². The van der Waals surface area contributed by atoms with Crippen LogP contribution < -0.4 is 0 Å². The Morgan fingerprint density at radius 2 is 1.50 bits per heavy atom. The normalized spacial score (nSPS) is 15.6. The molecule has 0 N–H and O–H groups in total. The van der Waals surface area contributed by atoms with Crippen molar-refractivity contribution in [1.29, 1.82) is 0 Å². The highest BCUT2D eigenvalue weighted by atomic mass is 16.6. The summed E-state index contributed by atoms with van der Waals surface area (Å²) in [6.07, 6.45) is -0.195. The van der Waals surface area contributed by atoms with Crippen LogP contribution in [-0.4, -0.2) is 37.0 Å². The second-order valence-corrected chi connectivity index (χ2v) is 5.98. The molecule has 0 aromatic carbocycles. The van der Waals surface area contributed by atoms with Gasteiger partial charge in [0.05, 0.1) is 30.8 Å². The SMILES string of the molecule is CC(COCC(C)OC(C)(C)C)OC(=O)C(C)C. The highest BCUT2D eigenvalue weighted by Crippen LogP contribution is 2.11. The van der Waals surface area contributed by atoms with Gasteiger partial charge in [0, 0.05) is 0 Å². The molecule has 0 radical (unpaired) electrons. The van der Waals surface area contributed by atoms with E-state index in [0.717, 1.165) is 0 Å². The van der Waals surface area contributed by atoms with Gasteiger partial charge in [0.15, 0.2) is 0 Å². The molecule has 4 nitrogen and oxygen atoms in total. The number of carbonyl (C=O) groups excluding carboxylic acids is 1. The van der Waals surface area contributed by atoms with Crippen molar-refractivity contribution in [3.8, 4) is 0 Å². The molecule has 0 aliphatic rings. The molecule has 4 heteroatoms. The Morgan fingerprint density at radius 1 is 1.00 bits per heavy atom. The molecule has 0 amide bonds. The fourth-order valence-electron chi connectivity index (χ4n) is 1.41. The molecular weight excluding hydrogens is 232 g/mol. The lowest BCUT2D eigenvalue weighted by Crippen LogP contribution is -2.30. The second kappa shape index (κ2) is 7.74. The average molecular weight is 260 g/mol. The van der Waals surface area contributed by atoms with Gasteiger partial charge in [-0.3, -0.25) is 4.79 Å². The summed E-state index contributed by atoms with van der Waals surface area (Å²) in [6, 6.07) is 0. The van der Waals surface area contributed by atoms with Gasteiger partial charge in [0.1, 0.15) is 6.10 Å². The topological polar surface area (TPSA) is 44.8 Å². The molecule has 0 saturated carbocycles. The number of ether oxygens (including phenoxy) is 3. The van der Waals surface area contributed by atoms with Crippen molar-refractivity contribution in [2.24, 2.45) is 5.92 Å². The lowest BCUT2D eigenvalue weighted by atomic mass is 10.2. The molecule has 108 valence electrons. The Labute approximate surface area is 111 Å². The maximum Gasteiger partial charge on any atom is 0.308 e. The summed E-state index contributed by atoms with van der Waals surface area (Å²) in [7, 11) is 0. The van der Waals surface area contributed by atoms with E-state index in [4.69, 9.17) is 14.2 Å². The predicted octanol–water partition coefficient (Wildman–Crippen LogP) is 2.79. The average Bonchev–Trinajstić information content (AvgIpc) is 2.14. The molecule has 0 heterocycles. The maximum atomic E-state index is 11.3. The first kappa shape index (κ1) is 17.4. The molecule has 0 aliphatic heterocycles. The van der Waals surface area contributed by atoms with Crippen LogP contribution in [0.2, 0.25) is 0 Å². The van der Waals surface area contributed by atoms with Crippen molar-refractivity contribution in [1.82, 2.24) is 0 Å². The van der Waals surface area contributed by atoms with Crippen LogP contribution in [0.1, 0.15) is 48.5 Å². The number of carbonyl (C=O) groups is 1. The fraction of sp³-hybridized carbons (Fsp3) is 0.929. The first-order valence-corrected chi connectivity index (χ1v) is 6.58. The smallest absolute Gasteiger partial charge is 0.308 e. The summed E-state index contributed by atoms with van der Waals surface area (Å²) in [4.78, 5) is 11.3. The van der Waals surface area contributed by atoms with E-state index in [1.807, 2.05) is 48.5 Å². The minimum absolute atomic E-state index is 0.0259. The maximum absolute atomic E-state index is 11.3. The summed E-state index contributed by atoms with van der Waals surface area (Å²) in [5.74, 6) is -0.291. The van der Waals surface area contributed by atoms with Gasteiger partial charge in [-0.05, 0) is 34.6 Å². The predicted molar refractivity (Wildman–Crippen MR) is 71.5 cm³/mol. The quantitative estimate of drug-likeness (QED) is 0.660. The molecule has 0 spiro atoms. The summed E-state index contributed by atoms with van der Waals surface area (Å²) < 4.78 is 16.4. The van der Waals surface area contributed by atoms with Crippen molar-refractivity contribution >= 4 is 5.97 Å². The first-order valence-electron chi connectivity index (χ1n) is 6.58. The Bertz CT molecular complexity index is 243. The van der Waals surface area contributed by atoms with E-state index in [-0.39, 0.29) is 29.7 Å². The van der Waals surface area contributed by atoms with Crippen LogP contribution in [0.3, 0.4) is 0 Å². The number of rotatable bonds is 7. The largest absolute Gasteiger partial charge is 0.460 e. The molecule has 0 fully saturated rings. The molecule has 0 aromatic rings. The van der Waals surface area contributed by atoms with Crippen LogP contribution in [-0.2, 0) is 19.0 Å². The second-order valence-electron chi connectivity index (χ2n) is 5.98. The summed E-state index contributed by atoms with van der Waals surface area (Å²) in [5, 5.41) is 0. The van der Waals surface area contributed by atoms with Crippen molar-refractivity contribution in [3.05, 3.63) is 0 Å². The third kappa shape index (κ3) is 9.42. The molecule has 0 rings (SSSR count). The van der Waals surface area contributed by atoms with Gasteiger partial charge in [-0.1, -0.05) is 13.8 Å². The summed E-state index contributed by atoms with van der Waals surface area (Å²) in [6.45, 7) is 14.4. The Balaban J connectivity index is 3.74. The minimum atomic E-state index is -0.221. The molecule has 18 heavy (non-hydrogen) atoms. The van der Waals surface area contributed by atoms with Crippen molar-refractivity contribution in [3.63, 3.8) is 0 Å². The van der Waals surface area contributed by atoms with E-state index in [0.29, 0.717) is 13.2 Å². The Kier molecular flexibility index (Phi) is 7.48. The standard InChI is InChI=1S/C14H28O4/c1-10(2)13(15)17-11(3)8-16-9-12(4)18-14(5,6)7/h10-12H,8-9H2,1-7H3. The fourth-order valence-corrected chi connectivity index (χ4v) is 1.41. The van der Waals surface area contributed by atoms with E-state index in [1.54, 1.807) is 0 Å². The van der Waals surface area contributed by atoms with Crippen LogP contribution in [0, 0.1) is 5.92 Å². The molecule has 2 atom stereocenters. The zero-order chi connectivity index (χ0) is 14.3. The molecule has 0 saturated heterocycles. The highest BCUT2D eigenvalue weighted by molar-refractivity contribution is 5.71. The minimum Gasteiger partial charge on any atom is -0.460 e. The Hall–Kier alpha value is -0.610. The number of hydrogen-bond acceptors (Lipinski definition) is 4. The van der Waals surface area contributed by atoms with E-state index in [9.17, 15) is 4.79 Å². The number of hydrogen-bond donors (Lipinski definition) is 0. The van der Waals surface area contributed by atoms with E-state index >= 15 is 0 Å². The van der Waals surface area contributed by atoms with E-state index in [1.165, 1.54) is 0 Å². The highest BCUT2D eigenvalue weighted by Gasteiger charge is 2.16. The first-order chi connectivity index (χ1) is 8.11. The number of esters is 1. The lowest BCUT2D eigenvalue weighted by molar-refractivity contribution is -0.156. The van der Waals surface area contributed by atoms with Gasteiger partial charge in [-0.2, -0.15) is 0 Å². The summed E-state index contributed by atoms with van der Waals surface area (Å²) in [5.41, 5.74) is -0.168. The van der Waals surface area contributed by atoms with Crippen molar-refractivity contribution < 1.29 is 19.0 Å². The monoisotopic (exact) mass is 260 g/mol. The Morgan fingerprint density at radius 3 is 1.94 bits per heavy atom. The van der Waals surface area contributed by atoms with Gasteiger partial charge in [-0.15, -0.1) is 0 Å². The summed E-state index contributed by atoms with van der Waals surface area (Å²) >= 11 is 0.